The standard InChI is InChI=1S/C20H27N5O/c1-12-8-15(24-20(26)18(21)14-5-6-14)11-25(10-12)17-9-23-13(2)19-16(17)4-3-7-22-19/h3-4,7,9,12,14-15,18H,5-6,8,10-11,21H2,1-2H3,(H,24,26)/t12-,15+,18?/m0/s1. The van der Waals surface area contributed by atoms with Crippen molar-refractivity contribution in [2.45, 2.75) is 45.2 Å². The zero-order chi connectivity index (χ0) is 18.3. The zero-order valence-electron chi connectivity index (χ0n) is 15.5. The van der Waals surface area contributed by atoms with Crippen molar-refractivity contribution >= 4 is 22.5 Å². The summed E-state index contributed by atoms with van der Waals surface area (Å²) in [4.78, 5) is 23.8. The van der Waals surface area contributed by atoms with E-state index in [2.05, 4.69) is 33.2 Å². The molecule has 3 N–H and O–H groups in total. The molecule has 2 fully saturated rings. The number of nitrogens with two attached hydrogens (primary N) is 1. The Kier molecular flexibility index (Phi) is 4.53. The monoisotopic (exact) mass is 353 g/mol. The number of amides is 1. The van der Waals surface area contributed by atoms with E-state index in [9.17, 15) is 4.79 Å². The van der Waals surface area contributed by atoms with Gasteiger partial charge in [-0.2, -0.15) is 0 Å². The first-order valence-corrected chi connectivity index (χ1v) is 9.54. The van der Waals surface area contributed by atoms with E-state index in [1.54, 1.807) is 0 Å². The lowest BCUT2D eigenvalue weighted by atomic mass is 9.94. The average molecular weight is 353 g/mol. The van der Waals surface area contributed by atoms with Crippen LogP contribution in [0, 0.1) is 18.8 Å². The molecule has 0 bridgehead atoms. The number of piperidine rings is 1. The molecule has 0 spiro atoms. The fourth-order valence-electron chi connectivity index (χ4n) is 4.06. The van der Waals surface area contributed by atoms with Crippen molar-refractivity contribution in [3.05, 3.63) is 30.2 Å². The van der Waals surface area contributed by atoms with Crippen molar-refractivity contribution < 1.29 is 4.79 Å². The maximum absolute atomic E-state index is 12.4. The van der Waals surface area contributed by atoms with Crippen LogP contribution in [0.25, 0.3) is 10.9 Å². The van der Waals surface area contributed by atoms with E-state index in [1.807, 2.05) is 25.4 Å². The molecule has 3 atom stereocenters. The highest BCUT2D eigenvalue weighted by atomic mass is 16.2. The minimum atomic E-state index is -0.355. The lowest BCUT2D eigenvalue weighted by Gasteiger charge is -2.39. The summed E-state index contributed by atoms with van der Waals surface area (Å²) in [6.07, 6.45) is 6.88. The number of aromatic nitrogens is 2. The van der Waals surface area contributed by atoms with Crippen LogP contribution in [0.15, 0.2) is 24.5 Å². The van der Waals surface area contributed by atoms with Crippen molar-refractivity contribution in [1.29, 1.82) is 0 Å². The predicted molar refractivity (Wildman–Crippen MR) is 103 cm³/mol. The minimum absolute atomic E-state index is 0.0000980. The molecular weight excluding hydrogens is 326 g/mol. The third kappa shape index (κ3) is 3.38. The van der Waals surface area contributed by atoms with Crippen molar-refractivity contribution in [2.75, 3.05) is 18.0 Å². The first kappa shape index (κ1) is 17.2. The molecule has 2 aromatic rings. The Balaban J connectivity index is 1.55. The number of rotatable bonds is 4. The molecule has 4 rings (SSSR count). The van der Waals surface area contributed by atoms with Gasteiger partial charge in [0.05, 0.1) is 29.1 Å². The van der Waals surface area contributed by atoms with Gasteiger partial charge in [0.1, 0.15) is 0 Å². The van der Waals surface area contributed by atoms with E-state index >= 15 is 0 Å². The van der Waals surface area contributed by atoms with Crippen LogP contribution in [0.3, 0.4) is 0 Å². The molecule has 6 heteroatoms. The number of fused-ring (bicyclic) bond motifs is 1. The summed E-state index contributed by atoms with van der Waals surface area (Å²) < 4.78 is 0. The molecule has 0 aromatic carbocycles. The molecule has 1 aliphatic heterocycles. The number of carbonyl (C=O) groups excluding carboxylic acids is 1. The second-order valence-corrected chi connectivity index (χ2v) is 7.94. The average Bonchev–Trinajstić information content (AvgIpc) is 3.46. The third-order valence-corrected chi connectivity index (χ3v) is 5.59. The number of carbonyl (C=O) groups is 1. The van der Waals surface area contributed by atoms with Gasteiger partial charge in [-0.25, -0.2) is 0 Å². The van der Waals surface area contributed by atoms with Crippen LogP contribution in [0.2, 0.25) is 0 Å². The van der Waals surface area contributed by atoms with Crippen molar-refractivity contribution in [3.8, 4) is 0 Å². The smallest absolute Gasteiger partial charge is 0.237 e. The fourth-order valence-corrected chi connectivity index (χ4v) is 4.06. The van der Waals surface area contributed by atoms with E-state index < -0.39 is 0 Å². The third-order valence-electron chi connectivity index (χ3n) is 5.59. The summed E-state index contributed by atoms with van der Waals surface area (Å²) in [5.74, 6) is 0.864. The normalized spacial score (nSPS) is 24.5. The molecule has 138 valence electrons. The molecule has 2 aliphatic rings. The van der Waals surface area contributed by atoms with Gasteiger partial charge >= 0.3 is 0 Å². The lowest BCUT2D eigenvalue weighted by Crippen LogP contribution is -2.54. The summed E-state index contributed by atoms with van der Waals surface area (Å²) in [7, 11) is 0. The van der Waals surface area contributed by atoms with Crippen molar-refractivity contribution in [1.82, 2.24) is 15.3 Å². The van der Waals surface area contributed by atoms with Gasteiger partial charge in [0.2, 0.25) is 5.91 Å². The van der Waals surface area contributed by atoms with Gasteiger partial charge in [-0.05, 0) is 50.2 Å². The maximum Gasteiger partial charge on any atom is 0.237 e. The number of hydrogen-bond donors (Lipinski definition) is 2. The summed E-state index contributed by atoms with van der Waals surface area (Å²) >= 11 is 0. The number of hydrogen-bond acceptors (Lipinski definition) is 5. The molecule has 1 aliphatic carbocycles. The van der Waals surface area contributed by atoms with Gasteiger partial charge in [0, 0.05) is 30.7 Å². The predicted octanol–water partition coefficient (Wildman–Crippen LogP) is 2.01. The van der Waals surface area contributed by atoms with Gasteiger partial charge in [-0.3, -0.25) is 14.8 Å². The Morgan fingerprint density at radius 2 is 2.15 bits per heavy atom. The Hall–Kier alpha value is -2.21. The second-order valence-electron chi connectivity index (χ2n) is 7.94. The van der Waals surface area contributed by atoms with Crippen LogP contribution in [-0.4, -0.2) is 41.0 Å². The van der Waals surface area contributed by atoms with Crippen molar-refractivity contribution in [2.24, 2.45) is 17.6 Å². The van der Waals surface area contributed by atoms with Crippen molar-refractivity contribution in [3.63, 3.8) is 0 Å². The molecule has 1 amide bonds. The highest BCUT2D eigenvalue weighted by Gasteiger charge is 2.35. The zero-order valence-corrected chi connectivity index (χ0v) is 15.5. The number of nitrogens with one attached hydrogen (secondary N) is 1. The van der Waals surface area contributed by atoms with E-state index in [1.165, 1.54) is 0 Å². The van der Waals surface area contributed by atoms with Gasteiger partial charge in [-0.1, -0.05) is 6.92 Å². The molecule has 6 nitrogen and oxygen atoms in total. The van der Waals surface area contributed by atoms with E-state index in [0.29, 0.717) is 11.8 Å². The molecular formula is C20H27N5O. The number of anilines is 1. The number of aryl methyl sites for hydroxylation is 1. The minimum Gasteiger partial charge on any atom is -0.367 e. The van der Waals surface area contributed by atoms with Crippen LogP contribution < -0.4 is 16.0 Å². The van der Waals surface area contributed by atoms with Gasteiger partial charge < -0.3 is 16.0 Å². The van der Waals surface area contributed by atoms with E-state index in [0.717, 1.165) is 54.6 Å². The maximum atomic E-state index is 12.4. The van der Waals surface area contributed by atoms with Gasteiger partial charge in [-0.15, -0.1) is 0 Å². The van der Waals surface area contributed by atoms with Gasteiger partial charge in [0.25, 0.3) is 0 Å². The van der Waals surface area contributed by atoms with E-state index in [-0.39, 0.29) is 18.0 Å². The highest BCUT2D eigenvalue weighted by Crippen LogP contribution is 2.32. The van der Waals surface area contributed by atoms with Crippen LogP contribution in [-0.2, 0) is 4.79 Å². The Labute approximate surface area is 154 Å². The highest BCUT2D eigenvalue weighted by molar-refractivity contribution is 5.92. The summed E-state index contributed by atoms with van der Waals surface area (Å²) in [5.41, 5.74) is 9.04. The first-order valence-electron chi connectivity index (χ1n) is 9.54. The molecule has 3 heterocycles. The number of nitrogens with zero attached hydrogens (tertiary/aromatic N) is 3. The largest absolute Gasteiger partial charge is 0.367 e. The summed E-state index contributed by atoms with van der Waals surface area (Å²) in [6, 6.07) is 3.82. The summed E-state index contributed by atoms with van der Waals surface area (Å²) in [5, 5.41) is 4.31. The van der Waals surface area contributed by atoms with Crippen LogP contribution in [0.5, 0.6) is 0 Å². The Bertz CT molecular complexity index is 819. The second kappa shape index (κ2) is 6.83. The fraction of sp³-hybridized carbons (Fsp3) is 0.550. The summed E-state index contributed by atoms with van der Waals surface area (Å²) in [6.45, 7) is 5.95. The SMILES string of the molecule is Cc1ncc(N2C[C@@H](C)C[C@@H](NC(=O)C(N)C3CC3)C2)c2cccnc12. The molecule has 1 unspecified atom stereocenters. The van der Waals surface area contributed by atoms with Gasteiger partial charge in [0.15, 0.2) is 0 Å². The first-order chi connectivity index (χ1) is 12.5. The Morgan fingerprint density at radius 3 is 2.92 bits per heavy atom. The quantitative estimate of drug-likeness (QED) is 0.878. The molecule has 0 radical (unpaired) electrons. The lowest BCUT2D eigenvalue weighted by molar-refractivity contribution is -0.123. The Morgan fingerprint density at radius 1 is 1.35 bits per heavy atom. The van der Waals surface area contributed by atoms with Crippen LogP contribution >= 0.6 is 0 Å². The topological polar surface area (TPSA) is 84.1 Å². The number of pyridine rings is 2. The molecule has 26 heavy (non-hydrogen) atoms. The molecule has 1 saturated heterocycles. The van der Waals surface area contributed by atoms with Crippen LogP contribution in [0.4, 0.5) is 5.69 Å². The molecule has 1 saturated carbocycles. The van der Waals surface area contributed by atoms with E-state index in [4.69, 9.17) is 5.73 Å². The molecule has 2 aromatic heterocycles. The van der Waals surface area contributed by atoms with Crippen LogP contribution in [0.1, 0.15) is 31.9 Å².